The zero-order valence-electron chi connectivity index (χ0n) is 11.1. The van der Waals surface area contributed by atoms with Crippen molar-refractivity contribution in [3.05, 3.63) is 57.9 Å². The number of fused-ring (bicyclic) bond motifs is 1. The number of benzene rings is 1. The van der Waals surface area contributed by atoms with Crippen molar-refractivity contribution in [3.63, 3.8) is 0 Å². The van der Waals surface area contributed by atoms with E-state index in [2.05, 4.69) is 4.98 Å². The summed E-state index contributed by atoms with van der Waals surface area (Å²) < 4.78 is 5.62. The van der Waals surface area contributed by atoms with Gasteiger partial charge in [0.2, 0.25) is 0 Å². The molecular weight excluding hydrogens is 274 g/mol. The Labute approximate surface area is 122 Å². The molecule has 3 rings (SSSR count). The number of pyridine rings is 1. The summed E-state index contributed by atoms with van der Waals surface area (Å²) in [6.07, 6.45) is 2.80. The highest BCUT2D eigenvalue weighted by atomic mass is 35.5. The predicted octanol–water partition coefficient (Wildman–Crippen LogP) is 3.40. The van der Waals surface area contributed by atoms with Crippen LogP contribution >= 0.6 is 11.6 Å². The molecule has 0 atom stereocenters. The SMILES string of the molecule is Cc1cc(C(=O)Cc2cc(Cl)cc3c2OCC3)ccn1. The summed E-state index contributed by atoms with van der Waals surface area (Å²) in [5, 5.41) is 0.656. The van der Waals surface area contributed by atoms with Crippen LogP contribution in [-0.4, -0.2) is 17.4 Å². The molecule has 0 amide bonds. The van der Waals surface area contributed by atoms with Crippen molar-refractivity contribution < 1.29 is 9.53 Å². The molecule has 1 aliphatic rings. The number of hydrogen-bond donors (Lipinski definition) is 0. The van der Waals surface area contributed by atoms with Crippen molar-refractivity contribution in [2.24, 2.45) is 0 Å². The van der Waals surface area contributed by atoms with E-state index in [1.54, 1.807) is 18.3 Å². The molecule has 1 aliphatic heterocycles. The molecule has 4 heteroatoms. The minimum Gasteiger partial charge on any atom is -0.493 e. The first-order valence-corrected chi connectivity index (χ1v) is 6.91. The highest BCUT2D eigenvalue weighted by Crippen LogP contribution is 2.33. The van der Waals surface area contributed by atoms with E-state index in [1.165, 1.54) is 0 Å². The number of rotatable bonds is 3. The summed E-state index contributed by atoms with van der Waals surface area (Å²) in [6, 6.07) is 7.26. The molecule has 2 aromatic rings. The molecule has 0 N–H and O–H groups in total. The average Bonchev–Trinajstić information content (AvgIpc) is 2.86. The Kier molecular flexibility index (Phi) is 3.45. The van der Waals surface area contributed by atoms with Gasteiger partial charge in [0.1, 0.15) is 5.75 Å². The lowest BCUT2D eigenvalue weighted by atomic mass is 10.00. The third-order valence-corrected chi connectivity index (χ3v) is 3.61. The number of ketones is 1. The summed E-state index contributed by atoms with van der Waals surface area (Å²) in [5.41, 5.74) is 3.46. The van der Waals surface area contributed by atoms with Gasteiger partial charge in [0, 0.05) is 40.9 Å². The summed E-state index contributed by atoms with van der Waals surface area (Å²) >= 11 is 6.11. The molecule has 3 nitrogen and oxygen atoms in total. The molecule has 0 aliphatic carbocycles. The van der Waals surface area contributed by atoms with Crippen LogP contribution in [0.5, 0.6) is 5.75 Å². The number of nitrogens with zero attached hydrogens (tertiary/aromatic N) is 1. The van der Waals surface area contributed by atoms with Crippen molar-refractivity contribution >= 4 is 17.4 Å². The van der Waals surface area contributed by atoms with E-state index in [-0.39, 0.29) is 5.78 Å². The summed E-state index contributed by atoms with van der Waals surface area (Å²) in [4.78, 5) is 16.5. The summed E-state index contributed by atoms with van der Waals surface area (Å²) in [7, 11) is 0. The molecule has 0 spiro atoms. The predicted molar refractivity (Wildman–Crippen MR) is 77.7 cm³/mol. The number of hydrogen-bond acceptors (Lipinski definition) is 3. The fourth-order valence-corrected chi connectivity index (χ4v) is 2.73. The van der Waals surface area contributed by atoms with Gasteiger partial charge in [-0.05, 0) is 36.8 Å². The zero-order valence-corrected chi connectivity index (χ0v) is 11.9. The van der Waals surface area contributed by atoms with Crippen molar-refractivity contribution in [2.45, 2.75) is 19.8 Å². The number of halogens is 1. The van der Waals surface area contributed by atoms with Crippen molar-refractivity contribution in [1.82, 2.24) is 4.98 Å². The van der Waals surface area contributed by atoms with Crippen LogP contribution in [0.1, 0.15) is 27.2 Å². The molecule has 1 aromatic heterocycles. The van der Waals surface area contributed by atoms with Gasteiger partial charge < -0.3 is 4.74 Å². The zero-order chi connectivity index (χ0) is 14.1. The quantitative estimate of drug-likeness (QED) is 0.812. The first-order valence-electron chi connectivity index (χ1n) is 6.53. The molecule has 2 heterocycles. The second-order valence-electron chi connectivity index (χ2n) is 4.94. The van der Waals surface area contributed by atoms with Crippen LogP contribution < -0.4 is 4.74 Å². The number of aromatic nitrogens is 1. The fourth-order valence-electron chi connectivity index (χ4n) is 2.47. The lowest BCUT2D eigenvalue weighted by molar-refractivity contribution is 0.0992. The van der Waals surface area contributed by atoms with Gasteiger partial charge in [-0.2, -0.15) is 0 Å². The number of carbonyl (C=O) groups excluding carboxylic acids is 1. The Bertz CT molecular complexity index is 682. The monoisotopic (exact) mass is 287 g/mol. The number of aryl methyl sites for hydroxylation is 1. The summed E-state index contributed by atoms with van der Waals surface area (Å²) in [5.74, 6) is 0.879. The van der Waals surface area contributed by atoms with Gasteiger partial charge in [0.25, 0.3) is 0 Å². The molecule has 0 unspecified atom stereocenters. The Morgan fingerprint density at radius 2 is 2.25 bits per heavy atom. The van der Waals surface area contributed by atoms with E-state index in [0.717, 1.165) is 29.0 Å². The van der Waals surface area contributed by atoms with Crippen molar-refractivity contribution in [2.75, 3.05) is 6.61 Å². The molecule has 1 aromatic carbocycles. The normalized spacial score (nSPS) is 12.9. The van der Waals surface area contributed by atoms with Gasteiger partial charge >= 0.3 is 0 Å². The first kappa shape index (κ1) is 13.1. The molecule has 0 saturated heterocycles. The number of Topliss-reactive ketones (excluding diaryl/α,β-unsaturated/α-hetero) is 1. The third-order valence-electron chi connectivity index (χ3n) is 3.39. The largest absolute Gasteiger partial charge is 0.493 e. The Hall–Kier alpha value is -1.87. The maximum atomic E-state index is 12.4. The van der Waals surface area contributed by atoms with Crippen LogP contribution in [0.15, 0.2) is 30.5 Å². The Morgan fingerprint density at radius 3 is 3.05 bits per heavy atom. The lowest BCUT2D eigenvalue weighted by Gasteiger charge is -2.08. The van der Waals surface area contributed by atoms with Crippen molar-refractivity contribution in [1.29, 1.82) is 0 Å². The van der Waals surface area contributed by atoms with E-state index in [4.69, 9.17) is 16.3 Å². The second-order valence-corrected chi connectivity index (χ2v) is 5.37. The first-order chi connectivity index (χ1) is 9.63. The molecule has 102 valence electrons. The minimum absolute atomic E-state index is 0.0514. The standard InChI is InChI=1S/C16H14ClNO2/c1-10-6-11(2-4-18-10)15(19)9-13-8-14(17)7-12-3-5-20-16(12)13/h2,4,6-8H,3,5,9H2,1H3. The van der Waals surface area contributed by atoms with E-state index in [1.807, 2.05) is 19.1 Å². The molecule has 0 radical (unpaired) electrons. The van der Waals surface area contributed by atoms with Gasteiger partial charge in [-0.3, -0.25) is 9.78 Å². The van der Waals surface area contributed by atoms with Crippen LogP contribution in [0, 0.1) is 6.92 Å². The van der Waals surface area contributed by atoms with E-state index < -0.39 is 0 Å². The Balaban J connectivity index is 1.90. The molecule has 0 fully saturated rings. The molecule has 0 saturated carbocycles. The van der Waals surface area contributed by atoms with Gasteiger partial charge in [0.15, 0.2) is 5.78 Å². The third kappa shape index (κ3) is 2.54. The fraction of sp³-hybridized carbons (Fsp3) is 0.250. The van der Waals surface area contributed by atoms with E-state index >= 15 is 0 Å². The maximum absolute atomic E-state index is 12.4. The van der Waals surface area contributed by atoms with E-state index in [9.17, 15) is 4.79 Å². The van der Waals surface area contributed by atoms with Crippen LogP contribution in [0.4, 0.5) is 0 Å². The molecule has 20 heavy (non-hydrogen) atoms. The van der Waals surface area contributed by atoms with Crippen LogP contribution in [0.3, 0.4) is 0 Å². The lowest BCUT2D eigenvalue weighted by Crippen LogP contribution is -2.05. The number of carbonyl (C=O) groups is 1. The minimum atomic E-state index is 0.0514. The van der Waals surface area contributed by atoms with Gasteiger partial charge in [-0.1, -0.05) is 11.6 Å². The maximum Gasteiger partial charge on any atom is 0.167 e. The van der Waals surface area contributed by atoms with Crippen LogP contribution in [0.25, 0.3) is 0 Å². The highest BCUT2D eigenvalue weighted by molar-refractivity contribution is 6.30. The van der Waals surface area contributed by atoms with Gasteiger partial charge in [-0.15, -0.1) is 0 Å². The van der Waals surface area contributed by atoms with Crippen LogP contribution in [-0.2, 0) is 12.8 Å². The second kappa shape index (κ2) is 5.25. The highest BCUT2D eigenvalue weighted by Gasteiger charge is 2.19. The van der Waals surface area contributed by atoms with E-state index in [0.29, 0.717) is 23.6 Å². The molecule has 0 bridgehead atoms. The molecular formula is C16H14ClNO2. The van der Waals surface area contributed by atoms with Crippen molar-refractivity contribution in [3.8, 4) is 5.75 Å². The Morgan fingerprint density at radius 1 is 1.40 bits per heavy atom. The summed E-state index contributed by atoms with van der Waals surface area (Å²) in [6.45, 7) is 2.53. The van der Waals surface area contributed by atoms with Gasteiger partial charge in [-0.25, -0.2) is 0 Å². The van der Waals surface area contributed by atoms with Gasteiger partial charge in [0.05, 0.1) is 6.61 Å². The van der Waals surface area contributed by atoms with Crippen LogP contribution in [0.2, 0.25) is 5.02 Å². The topological polar surface area (TPSA) is 39.2 Å². The average molecular weight is 288 g/mol. The smallest absolute Gasteiger partial charge is 0.167 e. The number of ether oxygens (including phenoxy) is 1.